The molecule has 0 aliphatic rings. The highest BCUT2D eigenvalue weighted by molar-refractivity contribution is 5.23. The van der Waals surface area contributed by atoms with Gasteiger partial charge in [0, 0.05) is 12.2 Å². The van der Waals surface area contributed by atoms with Crippen molar-refractivity contribution in [3.05, 3.63) is 36.6 Å². The van der Waals surface area contributed by atoms with Crippen molar-refractivity contribution in [3.63, 3.8) is 0 Å². The molecule has 12 heavy (non-hydrogen) atoms. The Kier molecular flexibility index (Phi) is 11.3. The molecular weight excluding hydrogens is 148 g/mol. The quantitative estimate of drug-likeness (QED) is 0.628. The summed E-state index contributed by atoms with van der Waals surface area (Å²) in [5.74, 6) is 0. The first-order valence-electron chi connectivity index (χ1n) is 4.11. The Bertz CT molecular complexity index is 157. The van der Waals surface area contributed by atoms with E-state index < -0.39 is 0 Å². The summed E-state index contributed by atoms with van der Waals surface area (Å²) in [6.45, 7) is 12.1. The number of hydrogen-bond donors (Lipinski definition) is 2. The second-order valence-electron chi connectivity index (χ2n) is 2.10. The summed E-state index contributed by atoms with van der Waals surface area (Å²) in [4.78, 5) is 0. The zero-order valence-corrected chi connectivity index (χ0v) is 8.35. The summed E-state index contributed by atoms with van der Waals surface area (Å²) in [5, 5.41) is 2.97. The van der Waals surface area contributed by atoms with Gasteiger partial charge in [-0.05, 0) is 18.7 Å². The summed E-state index contributed by atoms with van der Waals surface area (Å²) in [6.07, 6.45) is 3.58. The van der Waals surface area contributed by atoms with Crippen LogP contribution in [0.25, 0.3) is 0 Å². The van der Waals surface area contributed by atoms with Crippen LogP contribution in [0.5, 0.6) is 0 Å². The third-order valence-corrected chi connectivity index (χ3v) is 0.937. The molecule has 0 aliphatic heterocycles. The Morgan fingerprint density at radius 2 is 1.83 bits per heavy atom. The smallest absolute Gasteiger partial charge is 0.0241 e. The molecule has 0 saturated heterocycles. The fraction of sp³-hybridized carbons (Fsp3) is 0.400. The molecule has 0 radical (unpaired) electrons. The van der Waals surface area contributed by atoms with E-state index in [1.807, 2.05) is 27.0 Å². The van der Waals surface area contributed by atoms with Crippen molar-refractivity contribution in [1.82, 2.24) is 5.32 Å². The predicted molar refractivity (Wildman–Crippen MR) is 56.9 cm³/mol. The van der Waals surface area contributed by atoms with Gasteiger partial charge in [0.15, 0.2) is 0 Å². The van der Waals surface area contributed by atoms with Gasteiger partial charge >= 0.3 is 0 Å². The number of nitrogens with one attached hydrogen (secondary N) is 1. The van der Waals surface area contributed by atoms with Crippen LogP contribution in [0.15, 0.2) is 36.6 Å². The Balaban J connectivity index is 0. The standard InChI is InChI=1S/C8H14N2.C2H6/c1-7(6-10-3)4-5-8(2)9;1-2/h4-5,10H,1-2,6,9H2,3H3;1-2H3/b5-4-;. The molecule has 0 saturated carbocycles. The van der Waals surface area contributed by atoms with Crippen molar-refractivity contribution < 1.29 is 0 Å². The van der Waals surface area contributed by atoms with E-state index in [9.17, 15) is 0 Å². The van der Waals surface area contributed by atoms with Crippen LogP contribution in [0.2, 0.25) is 0 Å². The molecule has 0 aromatic carbocycles. The van der Waals surface area contributed by atoms with Crippen LogP contribution >= 0.6 is 0 Å². The molecule has 0 unspecified atom stereocenters. The Morgan fingerprint density at radius 3 is 2.17 bits per heavy atom. The first-order valence-corrected chi connectivity index (χ1v) is 4.11. The van der Waals surface area contributed by atoms with Gasteiger partial charge in [-0.2, -0.15) is 0 Å². The van der Waals surface area contributed by atoms with E-state index >= 15 is 0 Å². The van der Waals surface area contributed by atoms with Crippen molar-refractivity contribution in [2.24, 2.45) is 5.73 Å². The number of rotatable bonds is 4. The molecule has 0 heterocycles. The monoisotopic (exact) mass is 168 g/mol. The van der Waals surface area contributed by atoms with Gasteiger partial charge in [-0.3, -0.25) is 0 Å². The molecule has 0 spiro atoms. The number of nitrogens with two attached hydrogens (primary N) is 1. The first-order chi connectivity index (χ1) is 5.66. The summed E-state index contributed by atoms with van der Waals surface area (Å²) in [6, 6.07) is 0. The van der Waals surface area contributed by atoms with Gasteiger partial charge in [-0.1, -0.05) is 33.1 Å². The second-order valence-corrected chi connectivity index (χ2v) is 2.10. The SMILES string of the molecule is C=C(N)/C=C\C(=C)CNC.CC. The van der Waals surface area contributed by atoms with E-state index in [2.05, 4.69) is 18.5 Å². The van der Waals surface area contributed by atoms with Crippen LogP contribution in [0.1, 0.15) is 13.8 Å². The van der Waals surface area contributed by atoms with Gasteiger partial charge in [-0.15, -0.1) is 0 Å². The highest BCUT2D eigenvalue weighted by atomic mass is 14.8. The van der Waals surface area contributed by atoms with Crippen LogP contribution in [-0.4, -0.2) is 13.6 Å². The highest BCUT2D eigenvalue weighted by Crippen LogP contribution is 1.91. The van der Waals surface area contributed by atoms with Crippen molar-refractivity contribution in [2.45, 2.75) is 13.8 Å². The van der Waals surface area contributed by atoms with Gasteiger partial charge in [0.05, 0.1) is 0 Å². The van der Waals surface area contributed by atoms with Crippen LogP contribution in [0, 0.1) is 0 Å². The number of likely N-dealkylation sites (N-methyl/N-ethyl adjacent to an activating group) is 1. The van der Waals surface area contributed by atoms with Crippen molar-refractivity contribution in [1.29, 1.82) is 0 Å². The highest BCUT2D eigenvalue weighted by Gasteiger charge is 1.82. The van der Waals surface area contributed by atoms with Crippen molar-refractivity contribution in [2.75, 3.05) is 13.6 Å². The molecule has 70 valence electrons. The average Bonchev–Trinajstić information content (AvgIpc) is 2.05. The third-order valence-electron chi connectivity index (χ3n) is 0.937. The molecule has 0 aliphatic carbocycles. The third kappa shape index (κ3) is 11.7. The van der Waals surface area contributed by atoms with Crippen molar-refractivity contribution >= 4 is 0 Å². The molecule has 0 aromatic rings. The lowest BCUT2D eigenvalue weighted by Gasteiger charge is -1.95. The van der Waals surface area contributed by atoms with Gasteiger partial charge in [0.2, 0.25) is 0 Å². The number of allylic oxidation sites excluding steroid dienone is 1. The minimum Gasteiger partial charge on any atom is -0.399 e. The lowest BCUT2D eigenvalue weighted by molar-refractivity contribution is 0.898. The maximum absolute atomic E-state index is 5.29. The first kappa shape index (κ1) is 13.6. The van der Waals surface area contributed by atoms with Gasteiger partial charge in [-0.25, -0.2) is 0 Å². The average molecular weight is 168 g/mol. The molecule has 2 heteroatoms. The van der Waals surface area contributed by atoms with E-state index in [-0.39, 0.29) is 0 Å². The van der Waals surface area contributed by atoms with Crippen LogP contribution in [-0.2, 0) is 0 Å². The van der Waals surface area contributed by atoms with Crippen LogP contribution in [0.3, 0.4) is 0 Å². The van der Waals surface area contributed by atoms with Crippen molar-refractivity contribution in [3.8, 4) is 0 Å². The lowest BCUT2D eigenvalue weighted by atomic mass is 10.2. The molecule has 0 amide bonds. The molecule has 3 N–H and O–H groups in total. The molecule has 0 atom stereocenters. The topological polar surface area (TPSA) is 38.0 Å². The number of hydrogen-bond acceptors (Lipinski definition) is 2. The minimum absolute atomic E-state index is 0.553. The molecule has 0 fully saturated rings. The predicted octanol–water partition coefficient (Wildman–Crippen LogP) is 1.82. The molecule has 0 rings (SSSR count). The van der Waals surface area contributed by atoms with E-state index in [0.29, 0.717) is 5.70 Å². The fourth-order valence-corrected chi connectivity index (χ4v) is 0.511. The molecular formula is C10H20N2. The summed E-state index contributed by atoms with van der Waals surface area (Å²) >= 11 is 0. The van der Waals surface area contributed by atoms with Crippen LogP contribution < -0.4 is 11.1 Å². The summed E-state index contributed by atoms with van der Waals surface area (Å²) in [7, 11) is 1.87. The Morgan fingerprint density at radius 1 is 1.33 bits per heavy atom. The van der Waals surface area contributed by atoms with E-state index in [0.717, 1.165) is 12.1 Å². The molecule has 0 aromatic heterocycles. The Labute approximate surface area is 75.9 Å². The van der Waals surface area contributed by atoms with Gasteiger partial charge in [0.25, 0.3) is 0 Å². The summed E-state index contributed by atoms with van der Waals surface area (Å²) < 4.78 is 0. The molecule has 2 nitrogen and oxygen atoms in total. The normalized spacial score (nSPS) is 8.92. The molecule has 0 bridgehead atoms. The Hall–Kier alpha value is -1.02. The van der Waals surface area contributed by atoms with Crippen LogP contribution in [0.4, 0.5) is 0 Å². The van der Waals surface area contributed by atoms with E-state index in [4.69, 9.17) is 5.73 Å². The fourth-order valence-electron chi connectivity index (χ4n) is 0.511. The maximum Gasteiger partial charge on any atom is 0.0241 e. The summed E-state index contributed by atoms with van der Waals surface area (Å²) in [5.41, 5.74) is 6.84. The van der Waals surface area contributed by atoms with Gasteiger partial charge < -0.3 is 11.1 Å². The lowest BCUT2D eigenvalue weighted by Crippen LogP contribution is -2.08. The maximum atomic E-state index is 5.29. The van der Waals surface area contributed by atoms with E-state index in [1.54, 1.807) is 6.08 Å². The second kappa shape index (κ2) is 9.98. The zero-order chi connectivity index (χ0) is 9.98. The van der Waals surface area contributed by atoms with E-state index in [1.165, 1.54) is 0 Å². The minimum atomic E-state index is 0.553. The zero-order valence-electron chi connectivity index (χ0n) is 8.35. The van der Waals surface area contributed by atoms with Gasteiger partial charge in [0.1, 0.15) is 0 Å². The largest absolute Gasteiger partial charge is 0.399 e.